The van der Waals surface area contributed by atoms with E-state index in [9.17, 15) is 13.2 Å². The molecular weight excluding hydrogens is 184 g/mol. The van der Waals surface area contributed by atoms with Gasteiger partial charge in [-0.1, -0.05) is 6.92 Å². The molecule has 0 saturated heterocycles. The molecule has 1 atom stereocenters. The van der Waals surface area contributed by atoms with Crippen LogP contribution in [0.5, 0.6) is 0 Å². The van der Waals surface area contributed by atoms with Crippen LogP contribution < -0.4 is 0 Å². The summed E-state index contributed by atoms with van der Waals surface area (Å²) in [6, 6.07) is 0. The van der Waals surface area contributed by atoms with Crippen molar-refractivity contribution < 1.29 is 22.9 Å². The van der Waals surface area contributed by atoms with E-state index in [0.717, 1.165) is 0 Å². The molecule has 0 saturated carbocycles. The van der Waals surface area contributed by atoms with E-state index in [1.54, 1.807) is 6.92 Å². The van der Waals surface area contributed by atoms with Gasteiger partial charge < -0.3 is 5.11 Å². The average Bonchev–Trinajstić information content (AvgIpc) is 1.85. The molecule has 2 N–H and O–H groups in total. The predicted octanol–water partition coefficient (Wildman–Crippen LogP) is 0.518. The van der Waals surface area contributed by atoms with Gasteiger partial charge in [-0.25, -0.2) is 0 Å². The third-order valence-electron chi connectivity index (χ3n) is 1.56. The van der Waals surface area contributed by atoms with Gasteiger partial charge in [0, 0.05) is 6.42 Å². The van der Waals surface area contributed by atoms with Crippen molar-refractivity contribution in [1.82, 2.24) is 0 Å². The molecule has 0 aliphatic heterocycles. The highest BCUT2D eigenvalue weighted by Crippen LogP contribution is 2.10. The van der Waals surface area contributed by atoms with E-state index in [2.05, 4.69) is 0 Å². The zero-order chi connectivity index (χ0) is 9.78. The summed E-state index contributed by atoms with van der Waals surface area (Å²) in [6.07, 6.45) is -0.0466. The highest BCUT2D eigenvalue weighted by Gasteiger charge is 2.21. The van der Waals surface area contributed by atoms with Crippen LogP contribution in [0.25, 0.3) is 0 Å². The molecule has 0 spiro atoms. The predicted molar refractivity (Wildman–Crippen MR) is 42.5 cm³/mol. The monoisotopic (exact) mass is 196 g/mol. The number of rotatable bonds is 5. The zero-order valence-electron chi connectivity index (χ0n) is 6.73. The second-order valence-electron chi connectivity index (χ2n) is 2.48. The molecule has 0 aliphatic carbocycles. The number of hydrogen-bond donors (Lipinski definition) is 2. The molecule has 0 amide bonds. The standard InChI is InChI=1S/C6H12O5S/c1-2-5(12(9,10)11)3-4-6(7)8/h5H,2-4H2,1H3,(H,7,8)(H,9,10,11). The maximum atomic E-state index is 10.5. The minimum Gasteiger partial charge on any atom is -0.481 e. The molecule has 72 valence electrons. The molecule has 1 unspecified atom stereocenters. The van der Waals surface area contributed by atoms with Gasteiger partial charge in [-0.2, -0.15) is 8.42 Å². The van der Waals surface area contributed by atoms with Crippen molar-refractivity contribution in [2.45, 2.75) is 31.4 Å². The minimum atomic E-state index is -4.07. The first-order valence-electron chi connectivity index (χ1n) is 3.56. The Morgan fingerprint density at radius 1 is 1.50 bits per heavy atom. The maximum absolute atomic E-state index is 10.5. The number of carboxylic acid groups (broad SMARTS) is 1. The summed E-state index contributed by atoms with van der Waals surface area (Å²) in [5.41, 5.74) is 0. The van der Waals surface area contributed by atoms with E-state index in [1.165, 1.54) is 0 Å². The summed E-state index contributed by atoms with van der Waals surface area (Å²) in [5.74, 6) is -1.06. The minimum absolute atomic E-state index is 0.0370. The zero-order valence-corrected chi connectivity index (χ0v) is 7.54. The SMILES string of the molecule is CCC(CCC(=O)O)S(=O)(=O)O. The van der Waals surface area contributed by atoms with Gasteiger partial charge in [0.1, 0.15) is 0 Å². The van der Waals surface area contributed by atoms with Crippen molar-refractivity contribution in [1.29, 1.82) is 0 Å². The molecule has 0 radical (unpaired) electrons. The van der Waals surface area contributed by atoms with E-state index in [0.29, 0.717) is 0 Å². The van der Waals surface area contributed by atoms with Crippen LogP contribution in [0.4, 0.5) is 0 Å². The van der Waals surface area contributed by atoms with E-state index < -0.39 is 21.3 Å². The van der Waals surface area contributed by atoms with Crippen LogP contribution in [0.3, 0.4) is 0 Å². The summed E-state index contributed by atoms with van der Waals surface area (Å²) in [6.45, 7) is 1.58. The van der Waals surface area contributed by atoms with Gasteiger partial charge in [0.15, 0.2) is 0 Å². The lowest BCUT2D eigenvalue weighted by atomic mass is 10.2. The summed E-state index contributed by atoms with van der Waals surface area (Å²) >= 11 is 0. The Labute approximate surface area is 71.1 Å². The Morgan fingerprint density at radius 3 is 2.25 bits per heavy atom. The second kappa shape index (κ2) is 4.42. The van der Waals surface area contributed by atoms with E-state index in [1.807, 2.05) is 0 Å². The van der Waals surface area contributed by atoms with Gasteiger partial charge in [-0.3, -0.25) is 9.35 Å². The summed E-state index contributed by atoms with van der Waals surface area (Å²) in [4.78, 5) is 10.1. The average molecular weight is 196 g/mol. The Balaban J connectivity index is 4.11. The quantitative estimate of drug-likeness (QED) is 0.625. The first kappa shape index (κ1) is 11.4. The number of hydrogen-bond acceptors (Lipinski definition) is 3. The van der Waals surface area contributed by atoms with Gasteiger partial charge in [0.25, 0.3) is 10.1 Å². The van der Waals surface area contributed by atoms with Gasteiger partial charge >= 0.3 is 5.97 Å². The normalized spacial score (nSPS) is 14.2. The van der Waals surface area contributed by atoms with Crippen LogP contribution in [0.2, 0.25) is 0 Å². The Hall–Kier alpha value is -0.620. The Bertz CT molecular complexity index is 243. The van der Waals surface area contributed by atoms with Crippen LogP contribution in [0.1, 0.15) is 26.2 Å². The van der Waals surface area contributed by atoms with Crippen LogP contribution in [-0.2, 0) is 14.9 Å². The molecule has 5 nitrogen and oxygen atoms in total. The van der Waals surface area contributed by atoms with Crippen molar-refractivity contribution >= 4 is 16.1 Å². The molecule has 0 aromatic carbocycles. The van der Waals surface area contributed by atoms with Crippen LogP contribution in [0, 0.1) is 0 Å². The van der Waals surface area contributed by atoms with Crippen LogP contribution in [0.15, 0.2) is 0 Å². The highest BCUT2D eigenvalue weighted by molar-refractivity contribution is 7.86. The highest BCUT2D eigenvalue weighted by atomic mass is 32.2. The molecule has 0 heterocycles. The van der Waals surface area contributed by atoms with E-state index in [4.69, 9.17) is 9.66 Å². The molecule has 6 heteroatoms. The third-order valence-corrected chi connectivity index (χ3v) is 2.97. The fraction of sp³-hybridized carbons (Fsp3) is 0.833. The van der Waals surface area contributed by atoms with Gasteiger partial charge in [0.2, 0.25) is 0 Å². The Kier molecular flexibility index (Phi) is 4.19. The Morgan fingerprint density at radius 2 is 2.00 bits per heavy atom. The largest absolute Gasteiger partial charge is 0.481 e. The smallest absolute Gasteiger partial charge is 0.303 e. The molecule has 12 heavy (non-hydrogen) atoms. The van der Waals surface area contributed by atoms with Crippen molar-refractivity contribution in [2.24, 2.45) is 0 Å². The lowest BCUT2D eigenvalue weighted by molar-refractivity contribution is -0.137. The van der Waals surface area contributed by atoms with E-state index in [-0.39, 0.29) is 19.3 Å². The summed E-state index contributed by atoms with van der Waals surface area (Å²) < 4.78 is 29.6. The van der Waals surface area contributed by atoms with Crippen molar-refractivity contribution in [3.63, 3.8) is 0 Å². The lowest BCUT2D eigenvalue weighted by Gasteiger charge is -2.08. The maximum Gasteiger partial charge on any atom is 0.303 e. The second-order valence-corrected chi connectivity index (χ2v) is 4.17. The molecule has 0 fully saturated rings. The molecule has 0 rings (SSSR count). The topological polar surface area (TPSA) is 91.7 Å². The van der Waals surface area contributed by atoms with Crippen molar-refractivity contribution in [3.05, 3.63) is 0 Å². The molecular formula is C6H12O5S. The third kappa shape index (κ3) is 4.30. The summed E-state index contributed by atoms with van der Waals surface area (Å²) in [5, 5.41) is 7.30. The molecule has 0 bridgehead atoms. The number of carbonyl (C=O) groups is 1. The van der Waals surface area contributed by atoms with Gasteiger partial charge in [0.05, 0.1) is 5.25 Å². The fourth-order valence-corrected chi connectivity index (χ4v) is 1.69. The lowest BCUT2D eigenvalue weighted by Crippen LogP contribution is -2.20. The fourth-order valence-electron chi connectivity index (χ4n) is 0.848. The molecule has 0 aromatic rings. The van der Waals surface area contributed by atoms with Crippen molar-refractivity contribution in [2.75, 3.05) is 0 Å². The van der Waals surface area contributed by atoms with Crippen LogP contribution >= 0.6 is 0 Å². The van der Waals surface area contributed by atoms with Crippen molar-refractivity contribution in [3.8, 4) is 0 Å². The van der Waals surface area contributed by atoms with Crippen LogP contribution in [-0.4, -0.2) is 29.3 Å². The molecule has 0 aliphatic rings. The van der Waals surface area contributed by atoms with E-state index >= 15 is 0 Å². The first-order valence-corrected chi connectivity index (χ1v) is 5.06. The number of carboxylic acids is 1. The molecule has 0 aromatic heterocycles. The van der Waals surface area contributed by atoms with Gasteiger partial charge in [-0.15, -0.1) is 0 Å². The van der Waals surface area contributed by atoms with Gasteiger partial charge in [-0.05, 0) is 12.8 Å². The number of aliphatic carboxylic acids is 1. The summed E-state index contributed by atoms with van der Waals surface area (Å²) in [7, 11) is -4.07. The first-order chi connectivity index (χ1) is 5.38.